The first kappa shape index (κ1) is 18.8. The predicted molar refractivity (Wildman–Crippen MR) is 102 cm³/mol. The SMILES string of the molecule is CCN1CCN(c2ncnc(NCCN3CCCCC3)c2[N+](=O)[O-])CC1. The third-order valence-corrected chi connectivity index (χ3v) is 5.27. The molecule has 0 spiro atoms. The summed E-state index contributed by atoms with van der Waals surface area (Å²) in [7, 11) is 0. The lowest BCUT2D eigenvalue weighted by atomic mass is 10.1. The van der Waals surface area contributed by atoms with Crippen molar-refractivity contribution >= 4 is 17.3 Å². The first-order chi connectivity index (χ1) is 12.7. The van der Waals surface area contributed by atoms with E-state index in [0.717, 1.165) is 52.4 Å². The monoisotopic (exact) mass is 363 g/mol. The van der Waals surface area contributed by atoms with Crippen LogP contribution < -0.4 is 10.2 Å². The molecule has 0 unspecified atom stereocenters. The van der Waals surface area contributed by atoms with E-state index >= 15 is 0 Å². The molecule has 0 saturated carbocycles. The standard InChI is InChI=1S/C17H29N7O2/c1-2-21-10-12-23(13-11-21)17-15(24(25)26)16(19-14-20-17)18-6-9-22-7-4-3-5-8-22/h14H,2-13H2,1H3,(H,18,19,20). The van der Waals surface area contributed by atoms with Crippen molar-refractivity contribution in [2.45, 2.75) is 26.2 Å². The Balaban J connectivity index is 1.66. The number of rotatable bonds is 7. The third-order valence-electron chi connectivity index (χ3n) is 5.27. The quantitative estimate of drug-likeness (QED) is 0.575. The van der Waals surface area contributed by atoms with Crippen LogP contribution in [0.4, 0.5) is 17.3 Å². The van der Waals surface area contributed by atoms with Gasteiger partial charge in [-0.25, -0.2) is 9.97 Å². The molecular formula is C17H29N7O2. The van der Waals surface area contributed by atoms with Gasteiger partial charge in [0, 0.05) is 39.3 Å². The lowest BCUT2D eigenvalue weighted by molar-refractivity contribution is -0.383. The van der Waals surface area contributed by atoms with Crippen molar-refractivity contribution in [1.82, 2.24) is 19.8 Å². The topological polar surface area (TPSA) is 90.7 Å². The summed E-state index contributed by atoms with van der Waals surface area (Å²) in [6.45, 7) is 10.2. The fourth-order valence-corrected chi connectivity index (χ4v) is 3.69. The number of nitrogens with zero attached hydrogens (tertiary/aromatic N) is 6. The maximum Gasteiger partial charge on any atom is 0.353 e. The maximum absolute atomic E-state index is 11.7. The highest BCUT2D eigenvalue weighted by Crippen LogP contribution is 2.32. The minimum Gasteiger partial charge on any atom is -0.363 e. The van der Waals surface area contributed by atoms with Gasteiger partial charge in [-0.15, -0.1) is 0 Å². The summed E-state index contributed by atoms with van der Waals surface area (Å²) < 4.78 is 0. The molecule has 2 aliphatic rings. The molecule has 9 heteroatoms. The van der Waals surface area contributed by atoms with Gasteiger partial charge in [-0.2, -0.15) is 0 Å². The van der Waals surface area contributed by atoms with E-state index in [1.54, 1.807) is 0 Å². The highest BCUT2D eigenvalue weighted by molar-refractivity contribution is 5.70. The van der Waals surface area contributed by atoms with E-state index in [0.29, 0.717) is 18.2 Å². The molecule has 0 atom stereocenters. The van der Waals surface area contributed by atoms with Gasteiger partial charge in [-0.3, -0.25) is 10.1 Å². The highest BCUT2D eigenvalue weighted by Gasteiger charge is 2.28. The first-order valence-electron chi connectivity index (χ1n) is 9.62. The predicted octanol–water partition coefficient (Wildman–Crippen LogP) is 1.42. The second-order valence-corrected chi connectivity index (χ2v) is 6.90. The number of nitrogens with one attached hydrogen (secondary N) is 1. The lowest BCUT2D eigenvalue weighted by Crippen LogP contribution is -2.46. The van der Waals surface area contributed by atoms with Crippen LogP contribution in [0.25, 0.3) is 0 Å². The van der Waals surface area contributed by atoms with Crippen LogP contribution in [0.5, 0.6) is 0 Å². The molecule has 0 aliphatic carbocycles. The molecule has 1 aromatic heterocycles. The minimum atomic E-state index is -0.356. The molecule has 0 amide bonds. The normalized spacial score (nSPS) is 19.5. The van der Waals surface area contributed by atoms with Gasteiger partial charge in [0.25, 0.3) is 0 Å². The van der Waals surface area contributed by atoms with Crippen molar-refractivity contribution in [2.24, 2.45) is 0 Å². The molecule has 26 heavy (non-hydrogen) atoms. The summed E-state index contributed by atoms with van der Waals surface area (Å²) in [6.07, 6.45) is 5.21. The minimum absolute atomic E-state index is 0.00362. The molecule has 2 aliphatic heterocycles. The zero-order chi connectivity index (χ0) is 18.4. The first-order valence-corrected chi connectivity index (χ1v) is 9.62. The van der Waals surface area contributed by atoms with Crippen LogP contribution in [0.2, 0.25) is 0 Å². The van der Waals surface area contributed by atoms with Crippen molar-refractivity contribution in [1.29, 1.82) is 0 Å². The van der Waals surface area contributed by atoms with Crippen LogP contribution in [-0.4, -0.2) is 83.6 Å². The number of nitro groups is 1. The van der Waals surface area contributed by atoms with Crippen molar-refractivity contribution in [2.75, 3.05) is 69.1 Å². The van der Waals surface area contributed by atoms with Gasteiger partial charge >= 0.3 is 5.69 Å². The number of piperidine rings is 1. The van der Waals surface area contributed by atoms with Crippen LogP contribution in [0.1, 0.15) is 26.2 Å². The van der Waals surface area contributed by atoms with Crippen molar-refractivity contribution in [3.8, 4) is 0 Å². The Morgan fingerprint density at radius 3 is 2.46 bits per heavy atom. The van der Waals surface area contributed by atoms with E-state index in [9.17, 15) is 10.1 Å². The molecule has 3 heterocycles. The van der Waals surface area contributed by atoms with E-state index in [1.807, 2.05) is 4.90 Å². The fourth-order valence-electron chi connectivity index (χ4n) is 3.69. The molecule has 1 N–H and O–H groups in total. The molecule has 1 aromatic rings. The molecular weight excluding hydrogens is 334 g/mol. The largest absolute Gasteiger partial charge is 0.363 e. The zero-order valence-corrected chi connectivity index (χ0v) is 15.6. The molecule has 0 radical (unpaired) electrons. The number of likely N-dealkylation sites (tertiary alicyclic amines) is 1. The van der Waals surface area contributed by atoms with Gasteiger partial charge < -0.3 is 20.0 Å². The van der Waals surface area contributed by atoms with Gasteiger partial charge in [0.1, 0.15) is 6.33 Å². The summed E-state index contributed by atoms with van der Waals surface area (Å²) in [5, 5.41) is 14.9. The zero-order valence-electron chi connectivity index (χ0n) is 15.6. The van der Waals surface area contributed by atoms with E-state index in [4.69, 9.17) is 0 Å². The summed E-state index contributed by atoms with van der Waals surface area (Å²) in [5.41, 5.74) is -0.00362. The van der Waals surface area contributed by atoms with E-state index in [2.05, 4.69) is 32.0 Å². The summed E-state index contributed by atoms with van der Waals surface area (Å²) in [5.74, 6) is 0.760. The van der Waals surface area contributed by atoms with E-state index in [-0.39, 0.29) is 10.6 Å². The molecule has 144 valence electrons. The smallest absolute Gasteiger partial charge is 0.353 e. The van der Waals surface area contributed by atoms with Crippen molar-refractivity contribution < 1.29 is 4.92 Å². The Morgan fingerprint density at radius 1 is 1.08 bits per heavy atom. The molecule has 9 nitrogen and oxygen atoms in total. The van der Waals surface area contributed by atoms with E-state index < -0.39 is 0 Å². The second kappa shape index (κ2) is 9.09. The number of anilines is 2. The lowest BCUT2D eigenvalue weighted by Gasteiger charge is -2.34. The third kappa shape index (κ3) is 4.59. The van der Waals surface area contributed by atoms with Crippen LogP contribution in [-0.2, 0) is 0 Å². The Bertz CT molecular complexity index is 599. The number of aromatic nitrogens is 2. The van der Waals surface area contributed by atoms with Crippen LogP contribution in [0.15, 0.2) is 6.33 Å². The Morgan fingerprint density at radius 2 is 1.81 bits per heavy atom. The number of piperazine rings is 1. The summed E-state index contributed by atoms with van der Waals surface area (Å²) in [6, 6.07) is 0. The van der Waals surface area contributed by atoms with Gasteiger partial charge in [0.15, 0.2) is 0 Å². The average molecular weight is 363 g/mol. The average Bonchev–Trinajstić information content (AvgIpc) is 2.68. The fraction of sp³-hybridized carbons (Fsp3) is 0.765. The Kier molecular flexibility index (Phi) is 6.56. The summed E-state index contributed by atoms with van der Waals surface area (Å²) in [4.78, 5) is 26.5. The summed E-state index contributed by atoms with van der Waals surface area (Å²) >= 11 is 0. The Labute approximate surface area is 154 Å². The molecule has 0 bridgehead atoms. The number of hydrogen-bond acceptors (Lipinski definition) is 8. The highest BCUT2D eigenvalue weighted by atomic mass is 16.6. The van der Waals surface area contributed by atoms with Gasteiger partial charge in [0.2, 0.25) is 11.6 Å². The Hall–Kier alpha value is -2.00. The van der Waals surface area contributed by atoms with Crippen LogP contribution >= 0.6 is 0 Å². The van der Waals surface area contributed by atoms with Crippen LogP contribution in [0.3, 0.4) is 0 Å². The van der Waals surface area contributed by atoms with Gasteiger partial charge in [-0.1, -0.05) is 13.3 Å². The van der Waals surface area contributed by atoms with Gasteiger partial charge in [0.05, 0.1) is 4.92 Å². The molecule has 0 aromatic carbocycles. The molecule has 2 fully saturated rings. The van der Waals surface area contributed by atoms with Crippen molar-refractivity contribution in [3.63, 3.8) is 0 Å². The molecule has 2 saturated heterocycles. The second-order valence-electron chi connectivity index (χ2n) is 6.90. The maximum atomic E-state index is 11.7. The molecule has 3 rings (SSSR count). The van der Waals surface area contributed by atoms with Gasteiger partial charge in [-0.05, 0) is 32.5 Å². The number of likely N-dealkylation sites (N-methyl/N-ethyl adjacent to an activating group) is 1. The number of hydrogen-bond donors (Lipinski definition) is 1. The van der Waals surface area contributed by atoms with Crippen LogP contribution in [0, 0.1) is 10.1 Å². The van der Waals surface area contributed by atoms with E-state index in [1.165, 1.54) is 25.6 Å². The van der Waals surface area contributed by atoms with Crippen molar-refractivity contribution in [3.05, 3.63) is 16.4 Å².